The fraction of sp³-hybridized carbons (Fsp3) is 0.538. The molecule has 0 aliphatic carbocycles. The van der Waals surface area contributed by atoms with Gasteiger partial charge in [-0.1, -0.05) is 6.92 Å². The van der Waals surface area contributed by atoms with Gasteiger partial charge in [-0.25, -0.2) is 13.2 Å². The summed E-state index contributed by atoms with van der Waals surface area (Å²) in [6.07, 6.45) is 0.646. The van der Waals surface area contributed by atoms with Crippen molar-refractivity contribution in [3.63, 3.8) is 0 Å². The van der Waals surface area contributed by atoms with Gasteiger partial charge in [0, 0.05) is 30.7 Å². The van der Waals surface area contributed by atoms with Gasteiger partial charge < -0.3 is 10.8 Å². The molecule has 0 bridgehead atoms. The van der Waals surface area contributed by atoms with E-state index < -0.39 is 23.5 Å². The number of hydrogen-bond acceptors (Lipinski definition) is 3. The summed E-state index contributed by atoms with van der Waals surface area (Å²) in [6.45, 7) is 2.08. The molecule has 19 heavy (non-hydrogen) atoms. The minimum atomic E-state index is -1.45. The number of nitrogens with zero attached hydrogens (tertiary/aromatic N) is 1. The summed E-state index contributed by atoms with van der Waals surface area (Å²) in [5.41, 5.74) is 6.18. The Morgan fingerprint density at radius 1 is 1.42 bits per heavy atom. The Morgan fingerprint density at radius 2 is 2.11 bits per heavy atom. The predicted molar refractivity (Wildman–Crippen MR) is 64.8 cm³/mol. The second-order valence-corrected chi connectivity index (χ2v) is 4.72. The van der Waals surface area contributed by atoms with Crippen molar-refractivity contribution in [3.8, 4) is 0 Å². The number of hydrogen-bond donors (Lipinski definition) is 2. The first-order valence-corrected chi connectivity index (χ1v) is 6.28. The van der Waals surface area contributed by atoms with Crippen molar-refractivity contribution in [2.75, 3.05) is 13.2 Å². The minimum Gasteiger partial charge on any atom is -0.395 e. The third-order valence-corrected chi connectivity index (χ3v) is 3.77. The van der Waals surface area contributed by atoms with Crippen LogP contribution in [0.5, 0.6) is 0 Å². The number of benzene rings is 1. The lowest BCUT2D eigenvalue weighted by Gasteiger charge is -2.30. The van der Waals surface area contributed by atoms with Crippen LogP contribution >= 0.6 is 0 Å². The lowest BCUT2D eigenvalue weighted by Crippen LogP contribution is -2.38. The van der Waals surface area contributed by atoms with Crippen LogP contribution in [0, 0.1) is 17.5 Å². The zero-order valence-corrected chi connectivity index (χ0v) is 10.7. The summed E-state index contributed by atoms with van der Waals surface area (Å²) >= 11 is 0. The average molecular weight is 274 g/mol. The number of aliphatic hydroxyl groups excluding tert-OH is 1. The van der Waals surface area contributed by atoms with E-state index in [9.17, 15) is 18.3 Å². The van der Waals surface area contributed by atoms with Crippen molar-refractivity contribution in [2.45, 2.75) is 32.0 Å². The summed E-state index contributed by atoms with van der Waals surface area (Å²) in [7, 11) is 0. The van der Waals surface area contributed by atoms with E-state index in [-0.39, 0.29) is 31.3 Å². The highest BCUT2D eigenvalue weighted by Gasteiger charge is 2.36. The topological polar surface area (TPSA) is 49.5 Å². The molecule has 2 unspecified atom stereocenters. The number of rotatable bonds is 4. The van der Waals surface area contributed by atoms with Crippen LogP contribution in [0.4, 0.5) is 13.2 Å². The van der Waals surface area contributed by atoms with Crippen LogP contribution in [0.3, 0.4) is 0 Å². The van der Waals surface area contributed by atoms with Crippen LogP contribution in [-0.4, -0.2) is 29.2 Å². The molecule has 6 heteroatoms. The molecule has 0 saturated carbocycles. The molecule has 2 rings (SSSR count). The van der Waals surface area contributed by atoms with Crippen molar-refractivity contribution < 1.29 is 18.3 Å². The normalized spacial score (nSPS) is 20.6. The summed E-state index contributed by atoms with van der Waals surface area (Å²) in [5.74, 6) is -3.80. The molecule has 0 radical (unpaired) electrons. The number of fused-ring (bicyclic) bond motifs is 1. The van der Waals surface area contributed by atoms with Gasteiger partial charge in [0.05, 0.1) is 6.61 Å². The van der Waals surface area contributed by atoms with Gasteiger partial charge in [-0.2, -0.15) is 0 Å². The second-order valence-electron chi connectivity index (χ2n) is 4.72. The first-order chi connectivity index (χ1) is 9.04. The highest BCUT2D eigenvalue weighted by Crippen LogP contribution is 2.38. The van der Waals surface area contributed by atoms with Crippen LogP contribution in [0.15, 0.2) is 6.07 Å². The van der Waals surface area contributed by atoms with Gasteiger partial charge in [-0.3, -0.25) is 4.90 Å². The quantitative estimate of drug-likeness (QED) is 0.821. The zero-order chi connectivity index (χ0) is 14.2. The molecule has 1 aromatic carbocycles. The van der Waals surface area contributed by atoms with Gasteiger partial charge in [0.1, 0.15) is 0 Å². The SMILES string of the molecule is CCC(CO)N1Cc2c(cc(F)c(F)c2F)C1CN. The molecule has 0 fully saturated rings. The Bertz CT molecular complexity index is 477. The maximum Gasteiger partial charge on any atom is 0.194 e. The maximum absolute atomic E-state index is 13.8. The van der Waals surface area contributed by atoms with Crippen LogP contribution in [0.2, 0.25) is 0 Å². The fourth-order valence-corrected chi connectivity index (χ4v) is 2.69. The monoisotopic (exact) mass is 274 g/mol. The first-order valence-electron chi connectivity index (χ1n) is 6.28. The molecule has 2 atom stereocenters. The van der Waals surface area contributed by atoms with E-state index in [1.807, 2.05) is 6.92 Å². The molecule has 3 N–H and O–H groups in total. The number of aliphatic hydroxyl groups is 1. The Labute approximate surface area is 109 Å². The minimum absolute atomic E-state index is 0.104. The Hall–Kier alpha value is -1.11. The van der Waals surface area contributed by atoms with Gasteiger partial charge in [-0.05, 0) is 18.1 Å². The standard InChI is InChI=1S/C13H17F3N2O/c1-2-7(6-19)18-5-9-8(11(18)4-17)3-10(14)13(16)12(9)15/h3,7,11,19H,2,4-6,17H2,1H3. The van der Waals surface area contributed by atoms with Gasteiger partial charge >= 0.3 is 0 Å². The molecule has 0 amide bonds. The van der Waals surface area contributed by atoms with Crippen molar-refractivity contribution >= 4 is 0 Å². The Balaban J connectivity index is 2.46. The molecule has 1 aromatic rings. The lowest BCUT2D eigenvalue weighted by atomic mass is 10.0. The van der Waals surface area contributed by atoms with Gasteiger partial charge in [0.25, 0.3) is 0 Å². The molecular formula is C13H17F3N2O. The molecule has 1 aliphatic rings. The van der Waals surface area contributed by atoms with Crippen molar-refractivity contribution in [3.05, 3.63) is 34.6 Å². The van der Waals surface area contributed by atoms with Crippen LogP contribution in [0.25, 0.3) is 0 Å². The van der Waals surface area contributed by atoms with E-state index in [4.69, 9.17) is 5.73 Å². The lowest BCUT2D eigenvalue weighted by molar-refractivity contribution is 0.0890. The van der Waals surface area contributed by atoms with Crippen LogP contribution in [-0.2, 0) is 6.54 Å². The Morgan fingerprint density at radius 3 is 2.63 bits per heavy atom. The summed E-state index contributed by atoms with van der Waals surface area (Å²) in [5, 5.41) is 9.33. The van der Waals surface area contributed by atoms with E-state index in [1.165, 1.54) is 0 Å². The largest absolute Gasteiger partial charge is 0.395 e. The van der Waals surface area contributed by atoms with Crippen molar-refractivity contribution in [2.24, 2.45) is 5.73 Å². The van der Waals surface area contributed by atoms with Crippen molar-refractivity contribution in [1.82, 2.24) is 4.90 Å². The smallest absolute Gasteiger partial charge is 0.194 e. The molecule has 0 saturated heterocycles. The first kappa shape index (κ1) is 14.3. The number of halogens is 3. The molecule has 0 spiro atoms. The maximum atomic E-state index is 13.8. The molecule has 1 heterocycles. The van der Waals surface area contributed by atoms with E-state index >= 15 is 0 Å². The molecular weight excluding hydrogens is 257 g/mol. The zero-order valence-electron chi connectivity index (χ0n) is 10.7. The Kier molecular flexibility index (Phi) is 4.13. The van der Waals surface area contributed by atoms with Crippen molar-refractivity contribution in [1.29, 1.82) is 0 Å². The summed E-state index contributed by atoms with van der Waals surface area (Å²) in [6, 6.07) is 0.415. The highest BCUT2D eigenvalue weighted by atomic mass is 19.2. The van der Waals surface area contributed by atoms with Gasteiger partial charge in [0.15, 0.2) is 17.5 Å². The predicted octanol–water partition coefficient (Wildman–Crippen LogP) is 1.69. The van der Waals surface area contributed by atoms with Crippen LogP contribution < -0.4 is 5.73 Å². The molecule has 0 aromatic heterocycles. The van der Waals surface area contributed by atoms with Gasteiger partial charge in [-0.15, -0.1) is 0 Å². The summed E-state index contributed by atoms with van der Waals surface area (Å²) in [4.78, 5) is 1.80. The molecule has 1 aliphatic heterocycles. The van der Waals surface area contributed by atoms with Gasteiger partial charge in [0.2, 0.25) is 0 Å². The fourth-order valence-electron chi connectivity index (χ4n) is 2.69. The second kappa shape index (κ2) is 5.48. The van der Waals surface area contributed by atoms with E-state index in [0.29, 0.717) is 12.0 Å². The number of nitrogens with two attached hydrogens (primary N) is 1. The molecule has 3 nitrogen and oxygen atoms in total. The molecule has 106 valence electrons. The van der Waals surface area contributed by atoms with E-state index in [1.54, 1.807) is 4.90 Å². The van der Waals surface area contributed by atoms with Crippen LogP contribution in [0.1, 0.15) is 30.5 Å². The third-order valence-electron chi connectivity index (χ3n) is 3.77. The average Bonchev–Trinajstić information content (AvgIpc) is 2.76. The van der Waals surface area contributed by atoms with E-state index in [2.05, 4.69) is 0 Å². The highest BCUT2D eigenvalue weighted by molar-refractivity contribution is 5.37. The van der Waals surface area contributed by atoms with E-state index in [0.717, 1.165) is 6.07 Å². The third kappa shape index (κ3) is 2.24. The summed E-state index contributed by atoms with van der Waals surface area (Å²) < 4.78 is 40.3.